The zero-order valence-electron chi connectivity index (χ0n) is 16.3. The van der Waals surface area contributed by atoms with E-state index in [9.17, 15) is 9.90 Å². The number of rotatable bonds is 3. The van der Waals surface area contributed by atoms with E-state index in [1.807, 2.05) is 6.08 Å². The first-order valence-electron chi connectivity index (χ1n) is 9.87. The second-order valence-corrected chi connectivity index (χ2v) is 9.20. The van der Waals surface area contributed by atoms with Crippen molar-refractivity contribution in [3.8, 4) is 0 Å². The molecule has 0 radical (unpaired) electrons. The van der Waals surface area contributed by atoms with Gasteiger partial charge in [-0.3, -0.25) is 4.79 Å². The van der Waals surface area contributed by atoms with E-state index in [4.69, 9.17) is 4.74 Å². The number of hydrogen-bond acceptors (Lipinski definition) is 3. The Morgan fingerprint density at radius 1 is 1.40 bits per heavy atom. The summed E-state index contributed by atoms with van der Waals surface area (Å²) in [7, 11) is 0. The quantitative estimate of drug-likeness (QED) is 0.756. The largest absolute Gasteiger partial charge is 0.462 e. The first-order valence-corrected chi connectivity index (χ1v) is 9.87. The molecule has 0 aromatic carbocycles. The molecule has 3 nitrogen and oxygen atoms in total. The molecule has 2 fully saturated rings. The average molecular weight is 347 g/mol. The SMILES string of the molecule is C=CC1=C(C)[C@@H]2C[C@@H](OC(C)=O)[C@H]3[C@](C)(CO)CCC[C@]3(C)[C@H]2CC1. The van der Waals surface area contributed by atoms with Gasteiger partial charge in [0, 0.05) is 19.4 Å². The van der Waals surface area contributed by atoms with Crippen LogP contribution in [0.2, 0.25) is 0 Å². The molecule has 0 bridgehead atoms. The lowest BCUT2D eigenvalue weighted by molar-refractivity contribution is -0.195. The van der Waals surface area contributed by atoms with Crippen LogP contribution in [-0.4, -0.2) is 23.8 Å². The predicted octanol–water partition coefficient (Wildman–Crippen LogP) is 4.66. The van der Waals surface area contributed by atoms with Gasteiger partial charge >= 0.3 is 5.97 Å². The Hall–Kier alpha value is -1.09. The van der Waals surface area contributed by atoms with E-state index in [2.05, 4.69) is 27.4 Å². The normalized spacial score (nSPS) is 43.9. The maximum absolute atomic E-state index is 11.8. The number of carbonyl (C=O) groups excluding carboxylic acids is 1. The summed E-state index contributed by atoms with van der Waals surface area (Å²) in [5.41, 5.74) is 2.78. The van der Waals surface area contributed by atoms with Crippen molar-refractivity contribution in [1.29, 1.82) is 0 Å². The lowest BCUT2D eigenvalue weighted by Crippen LogP contribution is -2.60. The van der Waals surface area contributed by atoms with Gasteiger partial charge in [-0.25, -0.2) is 0 Å². The summed E-state index contributed by atoms with van der Waals surface area (Å²) in [4.78, 5) is 11.8. The Kier molecular flexibility index (Phi) is 4.91. The van der Waals surface area contributed by atoms with Crippen LogP contribution in [-0.2, 0) is 9.53 Å². The third-order valence-electron chi connectivity index (χ3n) is 7.83. The molecular formula is C22H34O3. The number of esters is 1. The number of allylic oxidation sites excluding steroid dienone is 3. The first kappa shape index (κ1) is 18.7. The van der Waals surface area contributed by atoms with Crippen LogP contribution in [0.3, 0.4) is 0 Å². The molecule has 0 amide bonds. The Balaban J connectivity index is 2.07. The maximum atomic E-state index is 11.8. The Labute approximate surface area is 152 Å². The van der Waals surface area contributed by atoms with Gasteiger partial charge < -0.3 is 9.84 Å². The topological polar surface area (TPSA) is 46.5 Å². The van der Waals surface area contributed by atoms with Crippen LogP contribution >= 0.6 is 0 Å². The Morgan fingerprint density at radius 2 is 2.12 bits per heavy atom. The van der Waals surface area contributed by atoms with Crippen LogP contribution < -0.4 is 0 Å². The molecule has 0 aromatic heterocycles. The summed E-state index contributed by atoms with van der Waals surface area (Å²) in [6, 6.07) is 0. The standard InChI is InChI=1S/C22H34O3/c1-6-16-8-9-18-17(14(16)2)12-19(25-15(3)24)20-21(4,13-23)10-7-11-22(18,20)5/h6,17-20,23H,1,7-13H2,2-5H3/t17-,18-,19+,20-,21-,22+/m0/s1. The van der Waals surface area contributed by atoms with Crippen LogP contribution in [0.25, 0.3) is 0 Å². The summed E-state index contributed by atoms with van der Waals surface area (Å²) in [5.74, 6) is 1.12. The number of fused-ring (bicyclic) bond motifs is 3. The Morgan fingerprint density at radius 3 is 2.72 bits per heavy atom. The molecule has 0 unspecified atom stereocenters. The number of aliphatic hydroxyl groups excluding tert-OH is 1. The third kappa shape index (κ3) is 2.89. The smallest absolute Gasteiger partial charge is 0.302 e. The van der Waals surface area contributed by atoms with E-state index in [0.717, 1.165) is 25.7 Å². The zero-order valence-corrected chi connectivity index (χ0v) is 16.3. The fourth-order valence-corrected chi connectivity index (χ4v) is 6.81. The molecule has 0 spiro atoms. The van der Waals surface area contributed by atoms with E-state index in [-0.39, 0.29) is 35.4 Å². The van der Waals surface area contributed by atoms with Gasteiger partial charge in [-0.1, -0.05) is 38.5 Å². The van der Waals surface area contributed by atoms with Crippen molar-refractivity contribution >= 4 is 5.97 Å². The molecule has 0 aromatic rings. The molecule has 140 valence electrons. The highest BCUT2D eigenvalue weighted by atomic mass is 16.5. The molecule has 3 aliphatic carbocycles. The second kappa shape index (κ2) is 6.57. The van der Waals surface area contributed by atoms with E-state index < -0.39 is 0 Å². The lowest BCUT2D eigenvalue weighted by atomic mass is 9.43. The molecule has 3 rings (SSSR count). The fourth-order valence-electron chi connectivity index (χ4n) is 6.81. The average Bonchev–Trinajstić information content (AvgIpc) is 2.55. The number of hydrogen-bond donors (Lipinski definition) is 1. The molecule has 1 N–H and O–H groups in total. The summed E-state index contributed by atoms with van der Waals surface area (Å²) in [6.45, 7) is 12.5. The number of ether oxygens (including phenoxy) is 1. The molecule has 0 aliphatic heterocycles. The van der Waals surface area contributed by atoms with E-state index in [1.165, 1.54) is 30.9 Å². The monoisotopic (exact) mass is 346 g/mol. The molecule has 25 heavy (non-hydrogen) atoms. The van der Waals surface area contributed by atoms with Gasteiger partial charge in [0.2, 0.25) is 0 Å². The molecule has 2 saturated carbocycles. The first-order chi connectivity index (χ1) is 11.8. The summed E-state index contributed by atoms with van der Waals surface area (Å²) < 4.78 is 5.89. The second-order valence-electron chi connectivity index (χ2n) is 9.20. The van der Waals surface area contributed by atoms with Crippen molar-refractivity contribution < 1.29 is 14.6 Å². The molecular weight excluding hydrogens is 312 g/mol. The lowest BCUT2D eigenvalue weighted by Gasteiger charge is -2.63. The van der Waals surface area contributed by atoms with Crippen molar-refractivity contribution in [3.05, 3.63) is 23.8 Å². The van der Waals surface area contributed by atoms with Crippen LogP contribution in [0.1, 0.15) is 66.2 Å². The van der Waals surface area contributed by atoms with Crippen LogP contribution in [0.4, 0.5) is 0 Å². The van der Waals surface area contributed by atoms with E-state index in [0.29, 0.717) is 11.8 Å². The van der Waals surface area contributed by atoms with Crippen LogP contribution in [0.15, 0.2) is 23.8 Å². The fraction of sp³-hybridized carbons (Fsp3) is 0.773. The minimum absolute atomic E-state index is 0.0969. The van der Waals surface area contributed by atoms with Gasteiger partial charge in [0.15, 0.2) is 0 Å². The molecule has 3 aliphatic rings. The van der Waals surface area contributed by atoms with E-state index in [1.54, 1.807) is 0 Å². The van der Waals surface area contributed by atoms with Crippen LogP contribution in [0, 0.1) is 28.6 Å². The molecule has 0 saturated heterocycles. The minimum atomic E-state index is -0.196. The summed E-state index contributed by atoms with van der Waals surface area (Å²) in [5, 5.41) is 10.2. The molecule has 0 heterocycles. The van der Waals surface area contributed by atoms with Gasteiger partial charge in [-0.15, -0.1) is 0 Å². The third-order valence-corrected chi connectivity index (χ3v) is 7.83. The van der Waals surface area contributed by atoms with Crippen LogP contribution in [0.5, 0.6) is 0 Å². The zero-order chi connectivity index (χ0) is 18.4. The molecule has 3 heteroatoms. The highest BCUT2D eigenvalue weighted by Gasteiger charge is 2.61. The highest BCUT2D eigenvalue weighted by Crippen LogP contribution is 2.64. The van der Waals surface area contributed by atoms with Crippen molar-refractivity contribution in [1.82, 2.24) is 0 Å². The number of aliphatic hydroxyl groups is 1. The number of carbonyl (C=O) groups is 1. The predicted molar refractivity (Wildman–Crippen MR) is 99.9 cm³/mol. The van der Waals surface area contributed by atoms with Gasteiger partial charge in [0.1, 0.15) is 6.10 Å². The molecule has 6 atom stereocenters. The van der Waals surface area contributed by atoms with Crippen molar-refractivity contribution in [2.75, 3.05) is 6.61 Å². The van der Waals surface area contributed by atoms with Gasteiger partial charge in [-0.05, 0) is 67.3 Å². The van der Waals surface area contributed by atoms with Crippen molar-refractivity contribution in [2.24, 2.45) is 28.6 Å². The maximum Gasteiger partial charge on any atom is 0.302 e. The van der Waals surface area contributed by atoms with Gasteiger partial charge in [0.25, 0.3) is 0 Å². The van der Waals surface area contributed by atoms with Gasteiger partial charge in [0.05, 0.1) is 0 Å². The van der Waals surface area contributed by atoms with E-state index >= 15 is 0 Å². The Bertz CT molecular complexity index is 592. The highest BCUT2D eigenvalue weighted by molar-refractivity contribution is 5.66. The summed E-state index contributed by atoms with van der Waals surface area (Å²) in [6.07, 6.45) is 8.44. The van der Waals surface area contributed by atoms with Crippen molar-refractivity contribution in [2.45, 2.75) is 72.3 Å². The summed E-state index contributed by atoms with van der Waals surface area (Å²) >= 11 is 0. The minimum Gasteiger partial charge on any atom is -0.462 e. The van der Waals surface area contributed by atoms with Gasteiger partial charge in [-0.2, -0.15) is 0 Å². The van der Waals surface area contributed by atoms with Crippen molar-refractivity contribution in [3.63, 3.8) is 0 Å².